The number of phenols is 1. The van der Waals surface area contributed by atoms with Crippen molar-refractivity contribution in [2.24, 2.45) is 23.5 Å². The van der Waals surface area contributed by atoms with Crippen molar-refractivity contribution in [2.45, 2.75) is 36.7 Å². The maximum atomic E-state index is 13.8. The predicted molar refractivity (Wildman–Crippen MR) is 132 cm³/mol. The zero-order valence-corrected chi connectivity index (χ0v) is 21.8. The van der Waals surface area contributed by atoms with Gasteiger partial charge < -0.3 is 36.6 Å². The lowest BCUT2D eigenvalue weighted by molar-refractivity contribution is -0.220. The largest absolute Gasteiger partial charge is 0.510 e. The molecule has 8 N–H and O–H groups in total. The zero-order chi connectivity index (χ0) is 27.7. The zero-order valence-electron chi connectivity index (χ0n) is 20.2. The number of aromatic hydroxyl groups is 1. The van der Waals surface area contributed by atoms with Crippen LogP contribution in [-0.2, 0) is 14.4 Å². The first-order valence-electron chi connectivity index (χ1n) is 11.5. The second kappa shape index (κ2) is 9.17. The molecule has 12 nitrogen and oxygen atoms in total. The molecule has 1 aromatic carbocycles. The molecule has 3 aliphatic carbocycles. The molecule has 1 aromatic rings. The van der Waals surface area contributed by atoms with Crippen LogP contribution in [0.2, 0.25) is 0 Å². The quantitative estimate of drug-likeness (QED) is 0.133. The van der Waals surface area contributed by atoms with Crippen molar-refractivity contribution in [3.8, 4) is 5.75 Å². The van der Waals surface area contributed by atoms with Gasteiger partial charge in [0.2, 0.25) is 11.7 Å². The van der Waals surface area contributed by atoms with Gasteiger partial charge in [-0.05, 0) is 31.6 Å². The summed E-state index contributed by atoms with van der Waals surface area (Å²) in [5, 5.41) is 58.8. The number of anilines is 1. The van der Waals surface area contributed by atoms with E-state index in [9.17, 15) is 44.7 Å². The molecular formula is C24H28BrN3O9. The van der Waals surface area contributed by atoms with Gasteiger partial charge in [0.1, 0.15) is 23.2 Å². The Kier molecular flexibility index (Phi) is 6.74. The van der Waals surface area contributed by atoms with Crippen molar-refractivity contribution in [2.75, 3.05) is 24.7 Å². The van der Waals surface area contributed by atoms with Gasteiger partial charge in [0.05, 0.1) is 34.6 Å². The van der Waals surface area contributed by atoms with Crippen LogP contribution >= 0.6 is 15.9 Å². The van der Waals surface area contributed by atoms with Gasteiger partial charge in [0.15, 0.2) is 11.4 Å². The minimum absolute atomic E-state index is 0.0603. The number of ketones is 2. The number of nitrogens with one attached hydrogen (secondary N) is 1. The first-order chi connectivity index (χ1) is 17.2. The van der Waals surface area contributed by atoms with Crippen LogP contribution in [0, 0.1) is 17.8 Å². The van der Waals surface area contributed by atoms with E-state index in [0.717, 1.165) is 0 Å². The average molecular weight is 582 g/mol. The molecule has 0 bridgehead atoms. The fourth-order valence-electron chi connectivity index (χ4n) is 6.37. The minimum atomic E-state index is -2.86. The molecule has 1 saturated carbocycles. The number of hydrogen-bond acceptors (Lipinski definition) is 10. The Morgan fingerprint density at radius 3 is 2.35 bits per heavy atom. The van der Waals surface area contributed by atoms with Gasteiger partial charge >= 0.3 is 0 Å². The van der Waals surface area contributed by atoms with Crippen molar-refractivity contribution in [1.82, 2.24) is 4.90 Å². The number of halogens is 1. The molecular weight excluding hydrogens is 554 g/mol. The Labute approximate surface area is 219 Å². The molecule has 0 heterocycles. The van der Waals surface area contributed by atoms with Crippen LogP contribution in [-0.4, -0.2) is 97.1 Å². The van der Waals surface area contributed by atoms with E-state index in [0.29, 0.717) is 5.56 Å². The van der Waals surface area contributed by atoms with Crippen molar-refractivity contribution < 1.29 is 44.7 Å². The third-order valence-corrected chi connectivity index (χ3v) is 8.48. The number of rotatable bonds is 4. The molecule has 0 spiro atoms. The van der Waals surface area contributed by atoms with Crippen LogP contribution in [0.1, 0.15) is 28.8 Å². The highest BCUT2D eigenvalue weighted by atomic mass is 79.9. The number of carbonyl (C=O) groups excluding carboxylic acids is 4. The number of benzene rings is 1. The summed E-state index contributed by atoms with van der Waals surface area (Å²) in [7, 11) is 2.96. The summed E-state index contributed by atoms with van der Waals surface area (Å²) < 4.78 is 0. The molecule has 8 atom stereocenters. The highest BCUT2D eigenvalue weighted by Crippen LogP contribution is 2.56. The topological polar surface area (TPSA) is 211 Å². The summed E-state index contributed by atoms with van der Waals surface area (Å²) in [5.41, 5.74) is 1.57. The Balaban J connectivity index is 1.92. The van der Waals surface area contributed by atoms with Crippen LogP contribution in [0.15, 0.2) is 23.5 Å². The van der Waals surface area contributed by atoms with Crippen LogP contribution < -0.4 is 11.1 Å². The summed E-state index contributed by atoms with van der Waals surface area (Å²) in [5.74, 6) is -10.2. The van der Waals surface area contributed by atoms with Gasteiger partial charge in [-0.2, -0.15) is 0 Å². The maximum absolute atomic E-state index is 13.8. The number of carbonyl (C=O) groups is 4. The Morgan fingerprint density at radius 1 is 1.19 bits per heavy atom. The normalized spacial score (nSPS) is 35.1. The van der Waals surface area contributed by atoms with Crippen LogP contribution in [0.4, 0.5) is 5.69 Å². The molecule has 6 unspecified atom stereocenters. The number of primary amides is 1. The smallest absolute Gasteiger partial charge is 0.255 e. The monoisotopic (exact) mass is 581 g/mol. The van der Waals surface area contributed by atoms with Gasteiger partial charge in [0, 0.05) is 11.8 Å². The molecule has 0 radical (unpaired) electrons. The van der Waals surface area contributed by atoms with Crippen LogP contribution in [0.5, 0.6) is 5.75 Å². The lowest BCUT2D eigenvalue weighted by Crippen LogP contribution is -2.75. The van der Waals surface area contributed by atoms with E-state index in [-0.39, 0.29) is 16.6 Å². The van der Waals surface area contributed by atoms with Gasteiger partial charge in [-0.15, -0.1) is 0 Å². The molecule has 13 heteroatoms. The standard InChI is InChI=1S/C24H28BrN3O9/c1-7-8-4-5-9(27-10(29)6-25)17(30)12(8)18(31)13-11(7)19(32)15-16(28(2)3)20(33)14(23(26)36)22(35)24(15,37)21(13)34/h4-5,7,11,13,15-16,19,21,30,32-34,37H,6H2,1-3H3,(H2,26,36)(H,27,29)/t7?,11?,13?,15?,16-,19?,21?,24-/m0/s1. The predicted octanol–water partition coefficient (Wildman–Crippen LogP) is -0.849. The van der Waals surface area contributed by atoms with Gasteiger partial charge in [0.25, 0.3) is 5.91 Å². The number of amides is 2. The number of alkyl halides is 1. The van der Waals surface area contributed by atoms with Crippen molar-refractivity contribution in [3.05, 3.63) is 34.6 Å². The van der Waals surface area contributed by atoms with E-state index in [1.54, 1.807) is 6.92 Å². The van der Waals surface area contributed by atoms with E-state index in [2.05, 4.69) is 21.2 Å². The summed E-state index contributed by atoms with van der Waals surface area (Å²) in [6.45, 7) is 1.65. The summed E-state index contributed by atoms with van der Waals surface area (Å²) >= 11 is 2.99. The third kappa shape index (κ3) is 3.63. The van der Waals surface area contributed by atoms with Crippen molar-refractivity contribution in [1.29, 1.82) is 0 Å². The van der Waals surface area contributed by atoms with E-state index >= 15 is 0 Å². The number of likely N-dealkylation sites (N-methyl/N-ethyl adjacent to an activating group) is 1. The second-order valence-electron chi connectivity index (χ2n) is 10.0. The van der Waals surface area contributed by atoms with E-state index in [1.807, 2.05) is 0 Å². The van der Waals surface area contributed by atoms with Gasteiger partial charge in [-0.3, -0.25) is 24.1 Å². The number of aliphatic hydroxyl groups is 4. The molecule has 3 aliphatic rings. The fourth-order valence-corrected chi connectivity index (χ4v) is 6.51. The number of hydrogen-bond donors (Lipinski definition) is 7. The summed E-state index contributed by atoms with van der Waals surface area (Å²) in [6.07, 6.45) is -3.75. The number of nitrogens with two attached hydrogens (primary N) is 1. The molecule has 4 rings (SSSR count). The first kappa shape index (κ1) is 27.2. The number of fused-ring (bicyclic) bond motifs is 3. The van der Waals surface area contributed by atoms with Gasteiger partial charge in [-0.25, -0.2) is 0 Å². The molecule has 200 valence electrons. The average Bonchev–Trinajstić information content (AvgIpc) is 2.82. The maximum Gasteiger partial charge on any atom is 0.255 e. The molecule has 2 amide bonds. The van der Waals surface area contributed by atoms with Crippen molar-refractivity contribution in [3.63, 3.8) is 0 Å². The van der Waals surface area contributed by atoms with E-state index in [1.165, 1.54) is 31.1 Å². The number of Topliss-reactive ketones (excluding diaryl/α,β-unsaturated/α-hetero) is 2. The minimum Gasteiger partial charge on any atom is -0.510 e. The number of nitrogens with zero attached hydrogens (tertiary/aromatic N) is 1. The molecule has 0 saturated heterocycles. The molecule has 0 aromatic heterocycles. The van der Waals surface area contributed by atoms with E-state index < -0.39 is 88.0 Å². The Morgan fingerprint density at radius 2 is 1.81 bits per heavy atom. The highest BCUT2D eigenvalue weighted by Gasteiger charge is 2.70. The van der Waals surface area contributed by atoms with Gasteiger partial charge in [-0.1, -0.05) is 28.9 Å². The van der Waals surface area contributed by atoms with E-state index in [4.69, 9.17) is 5.73 Å². The fraction of sp³-hybridized carbons (Fsp3) is 0.500. The lowest BCUT2D eigenvalue weighted by atomic mass is 9.50. The Hall–Kier alpha value is -2.84. The Bertz CT molecular complexity index is 1250. The summed E-state index contributed by atoms with van der Waals surface area (Å²) in [6, 6.07) is 1.62. The third-order valence-electron chi connectivity index (χ3n) is 7.97. The van der Waals surface area contributed by atoms with Crippen LogP contribution in [0.3, 0.4) is 0 Å². The van der Waals surface area contributed by atoms with Crippen molar-refractivity contribution >= 4 is 45.0 Å². The summed E-state index contributed by atoms with van der Waals surface area (Å²) in [4.78, 5) is 52.4. The second-order valence-corrected chi connectivity index (χ2v) is 10.6. The first-order valence-corrected chi connectivity index (χ1v) is 12.6. The lowest BCUT2D eigenvalue weighted by Gasteiger charge is -2.58. The molecule has 0 aliphatic heterocycles. The highest BCUT2D eigenvalue weighted by molar-refractivity contribution is 9.09. The number of aliphatic hydroxyl groups excluding tert-OH is 3. The molecule has 37 heavy (non-hydrogen) atoms. The SMILES string of the molecule is CC1c2ccc(NC(=O)CBr)c(O)c2C(=O)C2C1C(O)C1[C@H](N(C)C)C(O)=C(C(N)=O)C(=O)[C@@]1(O)C2O. The molecule has 1 fully saturated rings. The number of phenolic OH excluding ortho intramolecular Hbond substituents is 1. The van der Waals surface area contributed by atoms with Crippen LogP contribution in [0.25, 0.3) is 0 Å².